The molecule has 0 amide bonds. The zero-order valence-electron chi connectivity index (χ0n) is 21.4. The number of nitrogens with one attached hydrogen (secondary N) is 1. The first-order valence-corrected chi connectivity index (χ1v) is 12.7. The highest BCUT2D eigenvalue weighted by molar-refractivity contribution is 5.70. The average Bonchev–Trinajstić information content (AvgIpc) is 3.32. The Morgan fingerprint density at radius 3 is 2.71 bits per heavy atom. The molecular weight excluding hydrogens is 484 g/mol. The molecule has 1 fully saturated rings. The number of pyridine rings is 2. The Bertz CT molecular complexity index is 1410. The number of rotatable bonds is 9. The molecule has 4 aromatic heterocycles. The summed E-state index contributed by atoms with van der Waals surface area (Å²) in [4.78, 5) is 29.3. The maximum absolute atomic E-state index is 11.4. The number of carboxylic acids is 1. The molecule has 0 saturated heterocycles. The first kappa shape index (κ1) is 25.3. The van der Waals surface area contributed by atoms with Crippen molar-refractivity contribution in [3.8, 4) is 28.6 Å². The van der Waals surface area contributed by atoms with E-state index in [9.17, 15) is 9.90 Å². The van der Waals surface area contributed by atoms with E-state index in [1.165, 1.54) is 0 Å². The van der Waals surface area contributed by atoms with Gasteiger partial charge in [0.1, 0.15) is 11.4 Å². The number of aryl methyl sites for hydroxylation is 2. The van der Waals surface area contributed by atoms with Crippen LogP contribution in [0.25, 0.3) is 22.8 Å². The SMILES string of the molecule is Cc1nc(-c2onc(C)c2CNc2nccc(-c3ccccn3)n2)ccc1OCC1CCC[C@H](C(=O)O)C1. The summed E-state index contributed by atoms with van der Waals surface area (Å²) >= 11 is 0. The Balaban J connectivity index is 1.26. The molecule has 10 heteroatoms. The van der Waals surface area contributed by atoms with Crippen molar-refractivity contribution in [1.82, 2.24) is 25.1 Å². The molecule has 196 valence electrons. The quantitative estimate of drug-likeness (QED) is 0.311. The van der Waals surface area contributed by atoms with Gasteiger partial charge in [-0.3, -0.25) is 9.78 Å². The fourth-order valence-corrected chi connectivity index (χ4v) is 4.77. The van der Waals surface area contributed by atoms with Crippen molar-refractivity contribution in [2.75, 3.05) is 11.9 Å². The largest absolute Gasteiger partial charge is 0.491 e. The standard InChI is InChI=1S/C28H30N6O4/c1-17-21(15-31-28-30-13-11-23(33-28)22-8-3-4-12-29-22)26(38-34-17)24-9-10-25(18(2)32-24)37-16-19-6-5-7-20(14-19)27(35)36/h3-4,8-13,19-20H,5-7,14-16H2,1-2H3,(H,35,36)(H,30,31,33)/t19?,20-/m0/s1. The van der Waals surface area contributed by atoms with Gasteiger partial charge in [0.25, 0.3) is 0 Å². The van der Waals surface area contributed by atoms with Crippen LogP contribution in [-0.2, 0) is 11.3 Å². The Morgan fingerprint density at radius 1 is 1.03 bits per heavy atom. The predicted octanol–water partition coefficient (Wildman–Crippen LogP) is 5.09. The molecule has 0 aliphatic heterocycles. The van der Waals surface area contributed by atoms with Crippen molar-refractivity contribution in [3.63, 3.8) is 0 Å². The summed E-state index contributed by atoms with van der Waals surface area (Å²) in [6, 6.07) is 11.2. The second-order valence-electron chi connectivity index (χ2n) is 9.57. The summed E-state index contributed by atoms with van der Waals surface area (Å²) in [5, 5.41) is 16.7. The third-order valence-corrected chi connectivity index (χ3v) is 6.87. The van der Waals surface area contributed by atoms with Gasteiger partial charge in [-0.25, -0.2) is 15.0 Å². The third kappa shape index (κ3) is 5.80. The normalized spacial score (nSPS) is 17.2. The van der Waals surface area contributed by atoms with Crippen LogP contribution >= 0.6 is 0 Å². The number of aromatic nitrogens is 5. The third-order valence-electron chi connectivity index (χ3n) is 6.87. The van der Waals surface area contributed by atoms with Crippen LogP contribution in [-0.4, -0.2) is 42.8 Å². The van der Waals surface area contributed by atoms with Gasteiger partial charge in [-0.15, -0.1) is 0 Å². The first-order chi connectivity index (χ1) is 18.5. The summed E-state index contributed by atoms with van der Waals surface area (Å²) in [5.74, 6) is 0.974. The minimum atomic E-state index is -0.711. The second-order valence-corrected chi connectivity index (χ2v) is 9.57. The van der Waals surface area contributed by atoms with Crippen molar-refractivity contribution in [2.45, 2.75) is 46.1 Å². The second kappa shape index (κ2) is 11.4. The molecule has 4 aromatic rings. The monoisotopic (exact) mass is 514 g/mol. The van der Waals surface area contributed by atoms with E-state index < -0.39 is 5.97 Å². The highest BCUT2D eigenvalue weighted by atomic mass is 16.5. The number of carbonyl (C=O) groups is 1. The minimum Gasteiger partial charge on any atom is -0.491 e. The molecule has 2 N–H and O–H groups in total. The summed E-state index contributed by atoms with van der Waals surface area (Å²) in [7, 11) is 0. The number of carboxylic acid groups (broad SMARTS) is 1. The van der Waals surface area contributed by atoms with Crippen LogP contribution in [0, 0.1) is 25.7 Å². The van der Waals surface area contributed by atoms with E-state index in [0.717, 1.165) is 47.6 Å². The van der Waals surface area contributed by atoms with Gasteiger partial charge in [-0.2, -0.15) is 0 Å². The number of hydrogen-bond acceptors (Lipinski definition) is 9. The number of anilines is 1. The lowest BCUT2D eigenvalue weighted by Gasteiger charge is -2.26. The minimum absolute atomic E-state index is 0.233. The highest BCUT2D eigenvalue weighted by Gasteiger charge is 2.27. The first-order valence-electron chi connectivity index (χ1n) is 12.7. The lowest BCUT2D eigenvalue weighted by molar-refractivity contribution is -0.143. The van der Waals surface area contributed by atoms with Gasteiger partial charge in [0.2, 0.25) is 5.95 Å². The van der Waals surface area contributed by atoms with Gasteiger partial charge in [0, 0.05) is 24.5 Å². The van der Waals surface area contributed by atoms with E-state index in [2.05, 4.69) is 25.4 Å². The molecule has 0 radical (unpaired) electrons. The van der Waals surface area contributed by atoms with Crippen molar-refractivity contribution in [2.24, 2.45) is 11.8 Å². The number of aliphatic carboxylic acids is 1. The Kier molecular flexibility index (Phi) is 7.57. The molecule has 1 unspecified atom stereocenters. The Morgan fingerprint density at radius 2 is 1.92 bits per heavy atom. The summed E-state index contributed by atoms with van der Waals surface area (Å²) in [6.07, 6.45) is 6.73. The van der Waals surface area contributed by atoms with Crippen LogP contribution in [0.15, 0.2) is 53.3 Å². The fourth-order valence-electron chi connectivity index (χ4n) is 4.77. The lowest BCUT2D eigenvalue weighted by Crippen LogP contribution is -2.26. The summed E-state index contributed by atoms with van der Waals surface area (Å²) in [6.45, 7) is 4.66. The van der Waals surface area contributed by atoms with E-state index in [4.69, 9.17) is 14.2 Å². The summed E-state index contributed by atoms with van der Waals surface area (Å²) < 4.78 is 11.7. The maximum atomic E-state index is 11.4. The maximum Gasteiger partial charge on any atom is 0.306 e. The molecule has 5 rings (SSSR count). The Hall–Kier alpha value is -4.34. The van der Waals surface area contributed by atoms with Gasteiger partial charge in [-0.05, 0) is 69.4 Å². The number of nitrogens with zero attached hydrogens (tertiary/aromatic N) is 5. The zero-order chi connectivity index (χ0) is 26.5. The van der Waals surface area contributed by atoms with Crippen molar-refractivity contribution in [3.05, 3.63) is 65.7 Å². The molecule has 2 atom stereocenters. The van der Waals surface area contributed by atoms with Crippen molar-refractivity contribution >= 4 is 11.9 Å². The van der Waals surface area contributed by atoms with Gasteiger partial charge in [0.05, 0.1) is 35.3 Å². The lowest BCUT2D eigenvalue weighted by atomic mass is 9.82. The van der Waals surface area contributed by atoms with E-state index in [0.29, 0.717) is 42.7 Å². The molecule has 10 nitrogen and oxygen atoms in total. The Labute approximate surface area is 220 Å². The van der Waals surface area contributed by atoms with Gasteiger partial charge in [-0.1, -0.05) is 17.6 Å². The van der Waals surface area contributed by atoms with Crippen LogP contribution in [0.5, 0.6) is 5.75 Å². The number of ether oxygens (including phenoxy) is 1. The molecule has 1 aliphatic carbocycles. The van der Waals surface area contributed by atoms with Crippen LogP contribution in [0.4, 0.5) is 5.95 Å². The van der Waals surface area contributed by atoms with E-state index in [-0.39, 0.29) is 11.8 Å². The molecule has 4 heterocycles. The van der Waals surface area contributed by atoms with E-state index in [1.807, 2.05) is 50.2 Å². The molecule has 1 saturated carbocycles. The molecule has 0 spiro atoms. The van der Waals surface area contributed by atoms with Crippen LogP contribution in [0.2, 0.25) is 0 Å². The highest BCUT2D eigenvalue weighted by Crippen LogP contribution is 2.31. The van der Waals surface area contributed by atoms with E-state index >= 15 is 0 Å². The van der Waals surface area contributed by atoms with Crippen LogP contribution in [0.3, 0.4) is 0 Å². The molecule has 0 aromatic carbocycles. The van der Waals surface area contributed by atoms with Gasteiger partial charge >= 0.3 is 5.97 Å². The summed E-state index contributed by atoms with van der Waals surface area (Å²) in [5.41, 5.74) is 4.49. The molecular formula is C28H30N6O4. The molecule has 0 bridgehead atoms. The van der Waals surface area contributed by atoms with Crippen molar-refractivity contribution < 1.29 is 19.2 Å². The van der Waals surface area contributed by atoms with Gasteiger partial charge in [0.15, 0.2) is 5.76 Å². The topological polar surface area (TPSA) is 136 Å². The fraction of sp³-hybridized carbons (Fsp3) is 0.357. The number of hydrogen-bond donors (Lipinski definition) is 2. The zero-order valence-corrected chi connectivity index (χ0v) is 21.4. The smallest absolute Gasteiger partial charge is 0.306 e. The van der Waals surface area contributed by atoms with Crippen LogP contribution in [0.1, 0.15) is 42.6 Å². The van der Waals surface area contributed by atoms with E-state index in [1.54, 1.807) is 12.4 Å². The van der Waals surface area contributed by atoms with Crippen molar-refractivity contribution in [1.29, 1.82) is 0 Å². The molecule has 38 heavy (non-hydrogen) atoms. The predicted molar refractivity (Wildman–Crippen MR) is 140 cm³/mol. The average molecular weight is 515 g/mol. The molecule has 1 aliphatic rings. The van der Waals surface area contributed by atoms with Crippen LogP contribution < -0.4 is 10.1 Å². The van der Waals surface area contributed by atoms with Gasteiger partial charge < -0.3 is 19.7 Å².